The maximum Gasteiger partial charge on any atom is 0.261 e. The summed E-state index contributed by atoms with van der Waals surface area (Å²) in [4.78, 5) is 28.4. The molecule has 3 aromatic carbocycles. The topological polar surface area (TPSA) is 58.6 Å². The number of nitrogens with zero attached hydrogens (tertiary/aromatic N) is 1. The van der Waals surface area contributed by atoms with Gasteiger partial charge < -0.3 is 15.0 Å². The van der Waals surface area contributed by atoms with Crippen LogP contribution in [-0.4, -0.2) is 35.9 Å². The van der Waals surface area contributed by atoms with Crippen molar-refractivity contribution in [3.8, 4) is 5.75 Å². The van der Waals surface area contributed by atoms with Crippen molar-refractivity contribution in [2.45, 2.75) is 46.7 Å². The van der Waals surface area contributed by atoms with Gasteiger partial charge in [-0.15, -0.1) is 0 Å². The van der Waals surface area contributed by atoms with E-state index in [2.05, 4.69) is 11.4 Å². The molecule has 0 saturated carbocycles. The molecule has 0 aliphatic heterocycles. The molecule has 184 valence electrons. The third-order valence-electron chi connectivity index (χ3n) is 5.98. The Morgan fingerprint density at radius 1 is 0.971 bits per heavy atom. The number of rotatable bonds is 10. The van der Waals surface area contributed by atoms with Crippen LogP contribution in [0.2, 0.25) is 5.02 Å². The molecule has 0 aliphatic carbocycles. The van der Waals surface area contributed by atoms with Crippen molar-refractivity contribution in [1.29, 1.82) is 0 Å². The van der Waals surface area contributed by atoms with Crippen LogP contribution in [0, 0.1) is 20.8 Å². The van der Waals surface area contributed by atoms with Crippen LogP contribution < -0.4 is 10.1 Å². The fraction of sp³-hybridized carbons (Fsp3) is 0.310. The van der Waals surface area contributed by atoms with E-state index in [-0.39, 0.29) is 25.0 Å². The van der Waals surface area contributed by atoms with E-state index in [1.807, 2.05) is 82.3 Å². The summed E-state index contributed by atoms with van der Waals surface area (Å²) in [5.41, 5.74) is 4.98. The van der Waals surface area contributed by atoms with Crippen LogP contribution >= 0.6 is 11.6 Å². The lowest BCUT2D eigenvalue weighted by Gasteiger charge is -2.31. The van der Waals surface area contributed by atoms with Crippen molar-refractivity contribution in [2.24, 2.45) is 0 Å². The third kappa shape index (κ3) is 7.33. The van der Waals surface area contributed by atoms with Crippen molar-refractivity contribution in [3.05, 3.63) is 99.6 Å². The Morgan fingerprint density at radius 2 is 1.69 bits per heavy atom. The summed E-state index contributed by atoms with van der Waals surface area (Å²) in [7, 11) is 0. The molecular weight excluding hydrogens is 460 g/mol. The van der Waals surface area contributed by atoms with Gasteiger partial charge in [0.15, 0.2) is 6.61 Å². The first kappa shape index (κ1) is 26.3. The number of likely N-dealkylation sites (N-methyl/N-ethyl adjacent to an activating group) is 1. The standard InChI is InChI=1S/C29H33ClN2O3/c1-5-31-29(34)26(17-23-10-7-6-8-11-23)32(18-24-12-9-13-25(30)16-24)28(33)19-35-27-15-20(2)14-21(3)22(27)4/h6-16,26H,5,17-19H2,1-4H3,(H,31,34)/t26-/m0/s1. The first-order chi connectivity index (χ1) is 16.8. The van der Waals surface area contributed by atoms with E-state index >= 15 is 0 Å². The predicted molar refractivity (Wildman–Crippen MR) is 141 cm³/mol. The Morgan fingerprint density at radius 3 is 2.37 bits per heavy atom. The summed E-state index contributed by atoms with van der Waals surface area (Å²) in [5.74, 6) is 0.209. The minimum atomic E-state index is -0.701. The summed E-state index contributed by atoms with van der Waals surface area (Å²) < 4.78 is 5.99. The number of halogens is 1. The fourth-order valence-electron chi connectivity index (χ4n) is 4.05. The Labute approximate surface area is 213 Å². The quantitative estimate of drug-likeness (QED) is 0.411. The second-order valence-corrected chi connectivity index (χ2v) is 9.18. The molecule has 0 aliphatic rings. The zero-order valence-corrected chi connectivity index (χ0v) is 21.6. The second kappa shape index (κ2) is 12.4. The number of ether oxygens (including phenoxy) is 1. The van der Waals surface area contributed by atoms with Crippen LogP contribution in [-0.2, 0) is 22.6 Å². The highest BCUT2D eigenvalue weighted by molar-refractivity contribution is 6.30. The van der Waals surface area contributed by atoms with Gasteiger partial charge in [0.05, 0.1) is 0 Å². The van der Waals surface area contributed by atoms with Gasteiger partial charge >= 0.3 is 0 Å². The molecule has 6 heteroatoms. The molecule has 0 saturated heterocycles. The number of hydrogen-bond acceptors (Lipinski definition) is 3. The average molecular weight is 493 g/mol. The average Bonchev–Trinajstić information content (AvgIpc) is 2.83. The zero-order valence-electron chi connectivity index (χ0n) is 20.8. The molecule has 2 amide bonds. The molecule has 0 fully saturated rings. The maximum atomic E-state index is 13.6. The number of carbonyl (C=O) groups is 2. The van der Waals surface area contributed by atoms with Crippen LogP contribution in [0.15, 0.2) is 66.7 Å². The van der Waals surface area contributed by atoms with E-state index in [4.69, 9.17) is 16.3 Å². The second-order valence-electron chi connectivity index (χ2n) is 8.75. The molecule has 0 bridgehead atoms. The number of benzene rings is 3. The van der Waals surface area contributed by atoms with Gasteiger partial charge in [-0.05, 0) is 73.7 Å². The van der Waals surface area contributed by atoms with E-state index < -0.39 is 6.04 Å². The lowest BCUT2D eigenvalue weighted by molar-refractivity contribution is -0.142. The molecule has 0 heterocycles. The summed E-state index contributed by atoms with van der Waals surface area (Å²) >= 11 is 6.21. The number of hydrogen-bond donors (Lipinski definition) is 1. The summed E-state index contributed by atoms with van der Waals surface area (Å²) in [6.07, 6.45) is 0.390. The third-order valence-corrected chi connectivity index (χ3v) is 6.21. The van der Waals surface area contributed by atoms with Crippen LogP contribution in [0.5, 0.6) is 5.75 Å². The van der Waals surface area contributed by atoms with E-state index in [0.717, 1.165) is 27.8 Å². The SMILES string of the molecule is CCNC(=O)[C@H](Cc1ccccc1)N(Cc1cccc(Cl)c1)C(=O)COc1cc(C)cc(C)c1C. The van der Waals surface area contributed by atoms with Gasteiger partial charge in [-0.25, -0.2) is 0 Å². The van der Waals surface area contributed by atoms with Gasteiger partial charge in [0.1, 0.15) is 11.8 Å². The van der Waals surface area contributed by atoms with Crippen molar-refractivity contribution in [3.63, 3.8) is 0 Å². The molecule has 1 atom stereocenters. The Hall–Kier alpha value is -3.31. The van der Waals surface area contributed by atoms with Crippen molar-refractivity contribution < 1.29 is 14.3 Å². The highest BCUT2D eigenvalue weighted by atomic mass is 35.5. The predicted octanol–water partition coefficient (Wildman–Crippen LogP) is 5.42. The van der Waals surface area contributed by atoms with Crippen molar-refractivity contribution >= 4 is 23.4 Å². The first-order valence-electron chi connectivity index (χ1n) is 11.8. The highest BCUT2D eigenvalue weighted by Gasteiger charge is 2.30. The number of carbonyl (C=O) groups excluding carboxylic acids is 2. The normalized spacial score (nSPS) is 11.6. The van der Waals surface area contributed by atoms with Gasteiger partial charge in [-0.3, -0.25) is 9.59 Å². The Balaban J connectivity index is 1.92. The van der Waals surface area contributed by atoms with E-state index in [1.54, 1.807) is 11.0 Å². The molecular formula is C29H33ClN2O3. The first-order valence-corrected chi connectivity index (χ1v) is 12.2. The molecule has 0 spiro atoms. The lowest BCUT2D eigenvalue weighted by atomic mass is 10.0. The largest absolute Gasteiger partial charge is 0.483 e. The van der Waals surface area contributed by atoms with E-state index in [9.17, 15) is 9.59 Å². The number of aryl methyl sites for hydroxylation is 2. The maximum absolute atomic E-state index is 13.6. The Kier molecular flexibility index (Phi) is 9.32. The molecule has 0 aromatic heterocycles. The molecule has 1 N–H and O–H groups in total. The minimum absolute atomic E-state index is 0.172. The molecule has 3 aromatic rings. The van der Waals surface area contributed by atoms with Crippen LogP contribution in [0.3, 0.4) is 0 Å². The van der Waals surface area contributed by atoms with Crippen LogP contribution in [0.1, 0.15) is 34.7 Å². The van der Waals surface area contributed by atoms with Gasteiger partial charge in [0.2, 0.25) is 5.91 Å². The number of nitrogens with one attached hydrogen (secondary N) is 1. The zero-order chi connectivity index (χ0) is 25.4. The molecule has 3 rings (SSSR count). The van der Waals surface area contributed by atoms with Gasteiger partial charge in [0.25, 0.3) is 5.91 Å². The smallest absolute Gasteiger partial charge is 0.261 e. The van der Waals surface area contributed by atoms with E-state index in [0.29, 0.717) is 23.7 Å². The molecule has 0 unspecified atom stereocenters. The van der Waals surface area contributed by atoms with Crippen molar-refractivity contribution in [1.82, 2.24) is 10.2 Å². The highest BCUT2D eigenvalue weighted by Crippen LogP contribution is 2.24. The minimum Gasteiger partial charge on any atom is -0.483 e. The molecule has 5 nitrogen and oxygen atoms in total. The number of amides is 2. The van der Waals surface area contributed by atoms with Gasteiger partial charge in [-0.2, -0.15) is 0 Å². The monoisotopic (exact) mass is 492 g/mol. The van der Waals surface area contributed by atoms with Crippen LogP contribution in [0.25, 0.3) is 0 Å². The van der Waals surface area contributed by atoms with Gasteiger partial charge in [0, 0.05) is 24.5 Å². The Bertz CT molecular complexity index is 1160. The molecule has 35 heavy (non-hydrogen) atoms. The van der Waals surface area contributed by atoms with Crippen molar-refractivity contribution in [2.75, 3.05) is 13.2 Å². The summed E-state index contributed by atoms with van der Waals surface area (Å²) in [5, 5.41) is 3.47. The van der Waals surface area contributed by atoms with Crippen LogP contribution in [0.4, 0.5) is 0 Å². The van der Waals surface area contributed by atoms with E-state index in [1.165, 1.54) is 0 Å². The lowest BCUT2D eigenvalue weighted by Crippen LogP contribution is -2.51. The molecule has 0 radical (unpaired) electrons. The summed E-state index contributed by atoms with van der Waals surface area (Å²) in [6, 6.07) is 20.4. The fourth-order valence-corrected chi connectivity index (χ4v) is 4.26. The van der Waals surface area contributed by atoms with Gasteiger partial charge in [-0.1, -0.05) is 60.1 Å². The summed E-state index contributed by atoms with van der Waals surface area (Å²) in [6.45, 7) is 8.41.